The minimum atomic E-state index is -0.972. The van der Waals surface area contributed by atoms with Crippen molar-refractivity contribution >= 4 is 74.9 Å². The van der Waals surface area contributed by atoms with Gasteiger partial charge < -0.3 is 55.8 Å². The van der Waals surface area contributed by atoms with Gasteiger partial charge in [-0.25, -0.2) is 15.0 Å². The molecule has 4 rings (SSSR count). The summed E-state index contributed by atoms with van der Waals surface area (Å²) >= 11 is 3.16. The number of urea groups is 1. The monoisotopic (exact) mass is 1200 g/mol. The number of epoxide rings is 1. The first kappa shape index (κ1) is 67.5. The molecule has 0 unspecified atom stereocenters. The average molecular weight is 1200 g/mol. The molecule has 450 valence electrons. The number of nitrogens with one attached hydrogen (secondary N) is 5. The Kier molecular flexibility index (Phi) is 28.2. The number of nitrogens with zero attached hydrogens (tertiary/aromatic N) is 1. The van der Waals surface area contributed by atoms with Crippen molar-refractivity contribution in [3.8, 4) is 0 Å². The molecule has 0 aromatic heterocycles. The third-order valence-corrected chi connectivity index (χ3v) is 15.1. The van der Waals surface area contributed by atoms with Crippen LogP contribution in [0.3, 0.4) is 0 Å². The Hall–Kier alpha value is -6.01. The topological polar surface area (TPSA) is 313 Å². The van der Waals surface area contributed by atoms with Crippen LogP contribution in [0.25, 0.3) is 0 Å². The van der Waals surface area contributed by atoms with Crippen molar-refractivity contribution in [1.29, 1.82) is 0 Å². The number of alkyl halides is 1. The number of Topliss-reactive ketones (excluding diaryl/α,β-unsaturated/α-hetero) is 2. The van der Waals surface area contributed by atoms with E-state index in [0.717, 1.165) is 29.8 Å². The number of esters is 1. The Balaban J connectivity index is 1.23. The first-order chi connectivity index (χ1) is 38.4. The number of aliphatic hydroxyl groups excluding tert-OH is 1. The molecule has 1 spiro atoms. The van der Waals surface area contributed by atoms with Crippen LogP contribution < -0.4 is 32.4 Å². The lowest BCUT2D eigenvalue weighted by Crippen LogP contribution is -2.52. The van der Waals surface area contributed by atoms with Crippen molar-refractivity contribution in [3.05, 3.63) is 65.8 Å². The summed E-state index contributed by atoms with van der Waals surface area (Å²) in [5.74, 6) is -3.00. The molecular weight excluding hydrogens is 1110 g/mol. The highest BCUT2D eigenvalue weighted by molar-refractivity contribution is 9.09. The van der Waals surface area contributed by atoms with Gasteiger partial charge in [0.25, 0.3) is 0 Å². The van der Waals surface area contributed by atoms with Crippen LogP contribution in [0.2, 0.25) is 0 Å². The zero-order valence-corrected chi connectivity index (χ0v) is 49.7. The number of aliphatic hydroxyl groups is 1. The second-order valence-corrected chi connectivity index (χ2v) is 22.4. The van der Waals surface area contributed by atoms with Crippen LogP contribution in [0, 0.1) is 17.8 Å². The van der Waals surface area contributed by atoms with E-state index < -0.39 is 71.9 Å². The second kappa shape index (κ2) is 33.8. The van der Waals surface area contributed by atoms with E-state index in [2.05, 4.69) is 49.5 Å². The number of benzene rings is 1. The molecule has 3 aliphatic rings. The van der Waals surface area contributed by atoms with Gasteiger partial charge in [-0.3, -0.25) is 38.6 Å². The van der Waals surface area contributed by atoms with Crippen LogP contribution in [-0.4, -0.2) is 143 Å². The number of halogens is 1. The molecule has 81 heavy (non-hydrogen) atoms. The minimum absolute atomic E-state index is 0.0966. The lowest BCUT2D eigenvalue weighted by Gasteiger charge is -2.39. The predicted molar refractivity (Wildman–Crippen MR) is 305 cm³/mol. The summed E-state index contributed by atoms with van der Waals surface area (Å²) in [7, 11) is 1.38. The summed E-state index contributed by atoms with van der Waals surface area (Å²) in [6.45, 7) is 12.9. The van der Waals surface area contributed by atoms with Crippen molar-refractivity contribution in [3.63, 3.8) is 0 Å². The van der Waals surface area contributed by atoms with Gasteiger partial charge in [0, 0.05) is 63.9 Å². The smallest absolute Gasteiger partial charge is 0.426 e. The number of hydrogen-bond acceptors (Lipinski definition) is 15. The van der Waals surface area contributed by atoms with Crippen LogP contribution in [-0.2, 0) is 63.9 Å². The number of unbranched alkanes of at least 4 members (excludes halogenated alkanes) is 3. The maximum Gasteiger partial charge on any atom is 0.426 e. The normalized spacial score (nSPS) is 23.7. The number of hydrogen-bond donors (Lipinski definition) is 7. The first-order valence-corrected chi connectivity index (χ1v) is 29.2. The van der Waals surface area contributed by atoms with Gasteiger partial charge in [-0.1, -0.05) is 85.5 Å². The van der Waals surface area contributed by atoms with Crippen LogP contribution in [0.5, 0.6) is 0 Å². The molecule has 1 aromatic rings. The summed E-state index contributed by atoms with van der Waals surface area (Å²) in [4.78, 5) is 113. The number of hydrazine groups is 1. The highest BCUT2D eigenvalue weighted by Crippen LogP contribution is 2.43. The van der Waals surface area contributed by atoms with Crippen LogP contribution in [0.15, 0.2) is 60.2 Å². The molecule has 11 atom stereocenters. The van der Waals surface area contributed by atoms with Crippen molar-refractivity contribution in [2.24, 2.45) is 23.5 Å². The molecular formula is C58H86BrN7O15. The number of carbonyl (C=O) groups excluding carboxylic acids is 9. The number of allylic oxidation sites excluding steroid dienone is 2. The minimum Gasteiger partial charge on any atom is -0.459 e. The average Bonchev–Trinajstić information content (AvgIpc) is 4.40. The van der Waals surface area contributed by atoms with E-state index in [-0.39, 0.29) is 98.7 Å². The van der Waals surface area contributed by atoms with Crippen molar-refractivity contribution in [2.75, 3.05) is 30.8 Å². The van der Waals surface area contributed by atoms with Crippen LogP contribution in [0.4, 0.5) is 15.3 Å². The van der Waals surface area contributed by atoms with Crippen molar-refractivity contribution < 1.29 is 71.9 Å². The molecule has 22 nitrogen and oxygen atoms in total. The van der Waals surface area contributed by atoms with Crippen molar-refractivity contribution in [1.82, 2.24) is 26.4 Å². The molecule has 0 saturated carbocycles. The molecule has 0 radical (unpaired) electrons. The number of rotatable bonds is 31. The molecule has 23 heteroatoms. The Morgan fingerprint density at radius 3 is 2.28 bits per heavy atom. The molecule has 3 aliphatic heterocycles. The van der Waals surface area contributed by atoms with Gasteiger partial charge in [-0.15, -0.1) is 0 Å². The summed E-state index contributed by atoms with van der Waals surface area (Å²) in [6, 6.07) is 4.77. The Bertz CT molecular complexity index is 2400. The number of nitrogens with two attached hydrogens (primary N) is 1. The Morgan fingerprint density at radius 1 is 0.951 bits per heavy atom. The van der Waals surface area contributed by atoms with Gasteiger partial charge in [0.05, 0.1) is 48.8 Å². The fourth-order valence-corrected chi connectivity index (χ4v) is 9.96. The lowest BCUT2D eigenvalue weighted by molar-refractivity contribution is -0.152. The third kappa shape index (κ3) is 24.2. The molecule has 7 amide bonds. The van der Waals surface area contributed by atoms with E-state index >= 15 is 0 Å². The number of anilines is 1. The van der Waals surface area contributed by atoms with E-state index in [9.17, 15) is 48.3 Å². The largest absolute Gasteiger partial charge is 0.459 e. The fourth-order valence-electron chi connectivity index (χ4n) is 9.68. The zero-order valence-electron chi connectivity index (χ0n) is 48.1. The molecule has 3 heterocycles. The van der Waals surface area contributed by atoms with Gasteiger partial charge in [-0.05, 0) is 94.9 Å². The maximum absolute atomic E-state index is 13.7. The summed E-state index contributed by atoms with van der Waals surface area (Å²) in [5.41, 5.74) is 8.66. The van der Waals surface area contributed by atoms with Crippen LogP contribution >= 0.6 is 15.9 Å². The van der Waals surface area contributed by atoms with Crippen molar-refractivity contribution in [2.45, 2.75) is 193 Å². The first-order valence-electron chi connectivity index (χ1n) is 28.0. The Morgan fingerprint density at radius 2 is 1.64 bits per heavy atom. The molecule has 0 aliphatic carbocycles. The number of ketones is 2. The molecule has 1 aromatic carbocycles. The third-order valence-electron chi connectivity index (χ3n) is 14.5. The predicted octanol–water partition coefficient (Wildman–Crippen LogP) is 6.07. The number of amides is 7. The van der Waals surface area contributed by atoms with E-state index in [1.165, 1.54) is 26.1 Å². The maximum atomic E-state index is 13.7. The number of carbonyl (C=O) groups is 9. The van der Waals surface area contributed by atoms with E-state index in [0.29, 0.717) is 55.3 Å². The summed E-state index contributed by atoms with van der Waals surface area (Å²) in [6.07, 6.45) is 9.93. The van der Waals surface area contributed by atoms with Crippen LogP contribution in [0.1, 0.15) is 138 Å². The quantitative estimate of drug-likeness (QED) is 0.00844. The number of primary amides is 1. The standard InChI is InChI=1S/C58H86BrN7O15/c1-35(2)53(64-50(70)16-12-10-9-11-15-44(68)32-59)47(69)29-42(14-13-27-61-56(60)75)55(74)62-43-22-20-41(21-23-43)33-77-57(76)65-66(8)52(72)30-45-31-58(34-78-58)54(73)49(81-45)25-18-36(3)17-24-48-37(4)28-46(39(6)80-48)63-51(71)26-19-38(5)79-40(7)67/h17-23,25-26,35,37-39,42,45-46,48-49,53-54,73H,9-16,24,27-34H2,1-8H3,(H,62,74)(H,63,71)(H,64,70)(H,65,76)(H3,60,61,75)/b25-18+,26-19-,36-17+/t37-,38-,39+,42+,45+,46+,48-,49+,53-,54+,58+/m0/s1. The van der Waals surface area contributed by atoms with E-state index in [4.69, 9.17) is 29.4 Å². The highest BCUT2D eigenvalue weighted by Gasteiger charge is 2.58. The molecule has 8 N–H and O–H groups in total. The van der Waals surface area contributed by atoms with Gasteiger partial charge in [0.1, 0.15) is 36.3 Å². The second-order valence-electron chi connectivity index (χ2n) is 21.9. The molecule has 3 fully saturated rings. The number of ether oxygens (including phenoxy) is 5. The molecule has 3 saturated heterocycles. The van der Waals surface area contributed by atoms with Gasteiger partial charge in [0.15, 0.2) is 5.78 Å². The van der Waals surface area contributed by atoms with Gasteiger partial charge in [0.2, 0.25) is 23.6 Å². The zero-order chi connectivity index (χ0) is 59.8. The van der Waals surface area contributed by atoms with E-state index in [1.807, 2.05) is 39.8 Å². The summed E-state index contributed by atoms with van der Waals surface area (Å²) < 4.78 is 28.7. The molecule has 0 bridgehead atoms. The lowest BCUT2D eigenvalue weighted by atomic mass is 9.87. The van der Waals surface area contributed by atoms with Gasteiger partial charge >= 0.3 is 18.1 Å². The SMILES string of the molecule is CC(=O)O[C@@H](C)/C=C\C(=O)N[C@@H]1C[C@H](C)[C@H](C/C=C(C)/C=C/[C@H]2O[C@H](CC(=O)N(C)NC(=O)OCc3ccc(NC(=O)[C@H](CCCNC(N)=O)CC(=O)[C@@H](NC(=O)CCCCCCC(=O)CBr)C(C)C)cc3)C[C@@]3(CO3)[C@@H]2O)O[C@@H]1C. The Labute approximate surface area is 484 Å². The van der Waals surface area contributed by atoms with E-state index in [1.54, 1.807) is 37.3 Å². The fraction of sp³-hybridized carbons (Fsp3) is 0.638. The summed E-state index contributed by atoms with van der Waals surface area (Å²) in [5, 5.41) is 23.7. The van der Waals surface area contributed by atoms with Gasteiger partial charge in [-0.2, -0.15) is 0 Å². The highest BCUT2D eigenvalue weighted by atomic mass is 79.9.